The maximum atomic E-state index is 11.0. The van der Waals surface area contributed by atoms with Crippen molar-refractivity contribution in [3.8, 4) is 28.7 Å². The van der Waals surface area contributed by atoms with Crippen LogP contribution in [0, 0.1) is 0 Å². The van der Waals surface area contributed by atoms with Gasteiger partial charge in [-0.2, -0.15) is 0 Å². The molecule has 16 heteroatoms. The molecule has 0 saturated carbocycles. The molecule has 15 nitrogen and oxygen atoms in total. The van der Waals surface area contributed by atoms with Crippen molar-refractivity contribution in [3.63, 3.8) is 0 Å². The highest BCUT2D eigenvalue weighted by molar-refractivity contribution is 6.31. The summed E-state index contributed by atoms with van der Waals surface area (Å²) in [6.07, 6.45) is -8.02. The van der Waals surface area contributed by atoms with Crippen LogP contribution >= 0.6 is 11.6 Å². The van der Waals surface area contributed by atoms with Crippen LogP contribution < -0.4 is 4.74 Å². The van der Waals surface area contributed by atoms with Crippen molar-refractivity contribution in [2.24, 2.45) is 0 Å². The Balaban J connectivity index is 2.14. The zero-order valence-electron chi connectivity index (χ0n) is 20.3. The highest BCUT2D eigenvalue weighted by Gasteiger charge is 2.48. The molecule has 1 aliphatic rings. The summed E-state index contributed by atoms with van der Waals surface area (Å²) in [5.41, 5.74) is -4.62. The molecule has 0 aliphatic carbocycles. The van der Waals surface area contributed by atoms with Crippen LogP contribution in [0.25, 0.3) is 0 Å². The van der Waals surface area contributed by atoms with Crippen LogP contribution in [0.2, 0.25) is 5.02 Å². The largest absolute Gasteiger partial charge is 0.504 e. The van der Waals surface area contributed by atoms with Gasteiger partial charge in [0.15, 0.2) is 17.1 Å². The lowest BCUT2D eigenvalue weighted by Gasteiger charge is -2.40. The summed E-state index contributed by atoms with van der Waals surface area (Å²) in [4.78, 5) is 0. The third kappa shape index (κ3) is 5.27. The standard InChI is InChI=1S/C23H29ClO15/c1-21(2,33)23(36,37)39-20-16(30)13(27)11(14(28)17(20)31)22(34,35)8-5-7(3-4-9(8)24)19-18(32)15(29)12(26)10(6-25)38-19/h3-5,10,12,15,18-19,25-37H,6H2,1-2H3. The van der Waals surface area contributed by atoms with Crippen LogP contribution in [-0.2, 0) is 10.5 Å². The van der Waals surface area contributed by atoms with Crippen molar-refractivity contribution in [1.29, 1.82) is 0 Å². The summed E-state index contributed by atoms with van der Waals surface area (Å²) >= 11 is 6.11. The summed E-state index contributed by atoms with van der Waals surface area (Å²) < 4.78 is 10.0. The number of aliphatic hydroxyl groups is 9. The fourth-order valence-electron chi connectivity index (χ4n) is 3.87. The zero-order chi connectivity index (χ0) is 29.8. The number of aliphatic hydroxyl groups excluding tert-OH is 4. The molecule has 0 radical (unpaired) electrons. The second kappa shape index (κ2) is 10.4. The van der Waals surface area contributed by atoms with Crippen molar-refractivity contribution < 1.29 is 75.9 Å². The van der Waals surface area contributed by atoms with Crippen LogP contribution in [0.4, 0.5) is 0 Å². The number of phenolic OH excluding ortho intramolecular Hbond substituents is 4. The molecule has 1 fully saturated rings. The van der Waals surface area contributed by atoms with Gasteiger partial charge in [0.2, 0.25) is 23.0 Å². The average Bonchev–Trinajstić information content (AvgIpc) is 2.84. The minimum absolute atomic E-state index is 0.0957. The summed E-state index contributed by atoms with van der Waals surface area (Å²) in [6, 6.07) is 3.18. The van der Waals surface area contributed by atoms with Gasteiger partial charge in [-0.3, -0.25) is 0 Å². The Bertz CT molecular complexity index is 1190. The maximum absolute atomic E-state index is 11.0. The van der Waals surface area contributed by atoms with Crippen LogP contribution in [0.15, 0.2) is 18.2 Å². The van der Waals surface area contributed by atoms with Crippen molar-refractivity contribution in [2.75, 3.05) is 6.61 Å². The number of ether oxygens (including phenoxy) is 2. The van der Waals surface area contributed by atoms with E-state index in [1.165, 1.54) is 6.07 Å². The van der Waals surface area contributed by atoms with Crippen LogP contribution in [-0.4, -0.2) is 109 Å². The quantitative estimate of drug-likeness (QED) is 0.0927. The lowest BCUT2D eigenvalue weighted by atomic mass is 9.88. The van der Waals surface area contributed by atoms with Crippen molar-refractivity contribution in [2.45, 2.75) is 61.7 Å². The van der Waals surface area contributed by atoms with Gasteiger partial charge in [0.05, 0.1) is 6.61 Å². The predicted octanol–water partition coefficient (Wildman–Crippen LogP) is -2.35. The third-order valence-corrected chi connectivity index (χ3v) is 6.66. The SMILES string of the molecule is CC(C)(O)C(O)(O)Oc1c(O)c(O)c(C(O)(O)c2cc(C3OC(CO)C(O)C(O)C3O)ccc2Cl)c(O)c1O. The van der Waals surface area contributed by atoms with Gasteiger partial charge in [-0.25, -0.2) is 0 Å². The summed E-state index contributed by atoms with van der Waals surface area (Å²) in [7, 11) is 0. The molecule has 2 aromatic carbocycles. The number of hydrogen-bond donors (Lipinski definition) is 13. The fraction of sp³-hybridized carbons (Fsp3) is 0.478. The highest BCUT2D eigenvalue weighted by Crippen LogP contribution is 2.56. The molecule has 2 aromatic rings. The number of benzene rings is 2. The second-order valence-corrected chi connectivity index (χ2v) is 9.94. The molecule has 5 atom stereocenters. The number of hydrogen-bond acceptors (Lipinski definition) is 15. The van der Waals surface area contributed by atoms with E-state index in [-0.39, 0.29) is 5.56 Å². The normalized spacial score (nSPS) is 24.6. The lowest BCUT2D eigenvalue weighted by Crippen LogP contribution is -2.55. The van der Waals surface area contributed by atoms with Gasteiger partial charge in [-0.15, -0.1) is 0 Å². The van der Waals surface area contributed by atoms with Crippen LogP contribution in [0.5, 0.6) is 28.7 Å². The number of rotatable bonds is 7. The first kappa shape index (κ1) is 30.9. The molecule has 0 spiro atoms. The van der Waals surface area contributed by atoms with E-state index in [9.17, 15) is 66.4 Å². The van der Waals surface area contributed by atoms with Crippen molar-refractivity contribution in [3.05, 3.63) is 39.9 Å². The Labute approximate surface area is 224 Å². The van der Waals surface area contributed by atoms with E-state index in [4.69, 9.17) is 16.3 Å². The Morgan fingerprint density at radius 1 is 0.846 bits per heavy atom. The Morgan fingerprint density at radius 3 is 1.87 bits per heavy atom. The topological polar surface area (TPSA) is 281 Å². The molecule has 0 bridgehead atoms. The van der Waals surface area contributed by atoms with E-state index in [1.54, 1.807) is 0 Å². The molecule has 13 N–H and O–H groups in total. The van der Waals surface area contributed by atoms with E-state index in [0.29, 0.717) is 0 Å². The second-order valence-electron chi connectivity index (χ2n) is 9.53. The van der Waals surface area contributed by atoms with E-state index in [1.807, 2.05) is 0 Å². The highest BCUT2D eigenvalue weighted by atomic mass is 35.5. The summed E-state index contributed by atoms with van der Waals surface area (Å²) in [6.45, 7) is 0.981. The van der Waals surface area contributed by atoms with Gasteiger partial charge in [0.25, 0.3) is 0 Å². The molecular formula is C23H29ClO15. The predicted molar refractivity (Wildman–Crippen MR) is 127 cm³/mol. The Hall–Kier alpha value is -2.67. The molecule has 218 valence electrons. The van der Waals surface area contributed by atoms with E-state index in [0.717, 1.165) is 26.0 Å². The first-order valence-corrected chi connectivity index (χ1v) is 11.6. The van der Waals surface area contributed by atoms with Crippen LogP contribution in [0.3, 0.4) is 0 Å². The van der Waals surface area contributed by atoms with E-state index < -0.39 is 99.4 Å². The van der Waals surface area contributed by atoms with Crippen molar-refractivity contribution >= 4 is 11.6 Å². The van der Waals surface area contributed by atoms with Gasteiger partial charge in [0.1, 0.15) is 36.1 Å². The van der Waals surface area contributed by atoms with Gasteiger partial charge in [-0.1, -0.05) is 17.7 Å². The molecule has 0 amide bonds. The van der Waals surface area contributed by atoms with Crippen molar-refractivity contribution in [1.82, 2.24) is 0 Å². The number of halogens is 1. The van der Waals surface area contributed by atoms with Gasteiger partial charge in [0, 0.05) is 10.6 Å². The number of aromatic hydroxyl groups is 4. The first-order chi connectivity index (χ1) is 17.8. The molecular weight excluding hydrogens is 552 g/mol. The van der Waals surface area contributed by atoms with Gasteiger partial charge < -0.3 is 75.9 Å². The molecule has 3 rings (SSSR count). The lowest BCUT2D eigenvalue weighted by molar-refractivity contribution is -0.366. The smallest absolute Gasteiger partial charge is 0.352 e. The van der Waals surface area contributed by atoms with E-state index >= 15 is 0 Å². The monoisotopic (exact) mass is 580 g/mol. The average molecular weight is 581 g/mol. The minimum Gasteiger partial charge on any atom is -0.504 e. The summed E-state index contributed by atoms with van der Waals surface area (Å²) in [5.74, 6) is -14.5. The van der Waals surface area contributed by atoms with E-state index in [2.05, 4.69) is 4.74 Å². The maximum Gasteiger partial charge on any atom is 0.352 e. The minimum atomic E-state index is -3.53. The van der Waals surface area contributed by atoms with Gasteiger partial charge in [-0.05, 0) is 31.5 Å². The Morgan fingerprint density at radius 2 is 1.38 bits per heavy atom. The first-order valence-electron chi connectivity index (χ1n) is 11.2. The molecule has 1 aliphatic heterocycles. The van der Waals surface area contributed by atoms with Gasteiger partial charge >= 0.3 is 5.97 Å². The molecule has 39 heavy (non-hydrogen) atoms. The zero-order valence-corrected chi connectivity index (χ0v) is 21.1. The summed E-state index contributed by atoms with van der Waals surface area (Å²) in [5, 5.41) is 133. The Kier molecular flexibility index (Phi) is 8.22. The molecule has 5 unspecified atom stereocenters. The molecule has 0 aromatic heterocycles. The van der Waals surface area contributed by atoms with Crippen LogP contribution in [0.1, 0.15) is 36.6 Å². The fourth-order valence-corrected chi connectivity index (χ4v) is 4.12. The molecule has 1 saturated heterocycles. The number of phenols is 4. The third-order valence-electron chi connectivity index (χ3n) is 6.33. The molecule has 1 heterocycles.